The third kappa shape index (κ3) is 3.78. The molecule has 1 aliphatic carbocycles. The van der Waals surface area contributed by atoms with E-state index in [0.717, 1.165) is 25.7 Å². The Morgan fingerprint density at radius 1 is 1.25 bits per heavy atom. The number of carboxylic acid groups (broad SMARTS) is 1. The highest BCUT2D eigenvalue weighted by atomic mass is 16.4. The van der Waals surface area contributed by atoms with Crippen molar-refractivity contribution in [2.24, 2.45) is 11.7 Å². The molecular formula is C13H25NO2. The largest absolute Gasteiger partial charge is 0.480 e. The van der Waals surface area contributed by atoms with Crippen LogP contribution in [0, 0.1) is 5.92 Å². The van der Waals surface area contributed by atoms with E-state index in [1.165, 1.54) is 25.7 Å². The second-order valence-electron chi connectivity index (χ2n) is 5.14. The van der Waals surface area contributed by atoms with Crippen LogP contribution in [0.5, 0.6) is 0 Å². The molecule has 0 bridgehead atoms. The Morgan fingerprint density at radius 3 is 2.31 bits per heavy atom. The molecule has 1 rings (SSSR count). The molecule has 0 aromatic heterocycles. The lowest BCUT2D eigenvalue weighted by Gasteiger charge is -2.24. The molecule has 3 N–H and O–H groups in total. The fourth-order valence-electron chi connectivity index (χ4n) is 2.28. The number of unbranched alkanes of at least 4 members (excludes halogenated alkanes) is 5. The fourth-order valence-corrected chi connectivity index (χ4v) is 2.28. The van der Waals surface area contributed by atoms with Gasteiger partial charge in [0, 0.05) is 0 Å². The molecule has 94 valence electrons. The molecule has 1 aliphatic rings. The number of aliphatic carboxylic acids is 1. The van der Waals surface area contributed by atoms with E-state index in [2.05, 4.69) is 6.92 Å². The Balaban J connectivity index is 2.16. The van der Waals surface area contributed by atoms with Crippen molar-refractivity contribution in [3.63, 3.8) is 0 Å². The summed E-state index contributed by atoms with van der Waals surface area (Å²) in [4.78, 5) is 11.1. The summed E-state index contributed by atoms with van der Waals surface area (Å²) in [6, 6.07) is 0. The van der Waals surface area contributed by atoms with Crippen molar-refractivity contribution in [3.05, 3.63) is 0 Å². The van der Waals surface area contributed by atoms with Crippen LogP contribution in [-0.2, 0) is 4.79 Å². The predicted octanol–water partition coefficient (Wildman–Crippen LogP) is 2.93. The summed E-state index contributed by atoms with van der Waals surface area (Å²) in [7, 11) is 0. The second kappa shape index (κ2) is 6.24. The lowest BCUT2D eigenvalue weighted by atomic mass is 9.88. The minimum atomic E-state index is -0.926. The Bertz CT molecular complexity index is 226. The van der Waals surface area contributed by atoms with Gasteiger partial charge in [0.05, 0.1) is 0 Å². The zero-order chi connectivity index (χ0) is 12.0. The second-order valence-corrected chi connectivity index (χ2v) is 5.14. The van der Waals surface area contributed by atoms with Gasteiger partial charge in [-0.3, -0.25) is 4.79 Å². The van der Waals surface area contributed by atoms with Crippen LogP contribution in [0.1, 0.15) is 64.7 Å². The summed E-state index contributed by atoms with van der Waals surface area (Å²) in [5.41, 5.74) is 5.06. The van der Waals surface area contributed by atoms with Gasteiger partial charge in [-0.1, -0.05) is 45.4 Å². The molecule has 0 spiro atoms. The summed E-state index contributed by atoms with van der Waals surface area (Å²) < 4.78 is 0. The third-order valence-electron chi connectivity index (χ3n) is 3.65. The quantitative estimate of drug-likeness (QED) is 0.595. The number of hydrogen-bond acceptors (Lipinski definition) is 2. The summed E-state index contributed by atoms with van der Waals surface area (Å²) in [6.45, 7) is 2.20. The Morgan fingerprint density at radius 2 is 1.81 bits per heavy atom. The van der Waals surface area contributed by atoms with Gasteiger partial charge in [-0.2, -0.15) is 0 Å². The van der Waals surface area contributed by atoms with Crippen LogP contribution in [0.25, 0.3) is 0 Å². The zero-order valence-electron chi connectivity index (χ0n) is 10.4. The van der Waals surface area contributed by atoms with Gasteiger partial charge in [-0.15, -0.1) is 0 Å². The van der Waals surface area contributed by atoms with Crippen molar-refractivity contribution in [3.8, 4) is 0 Å². The molecule has 0 radical (unpaired) electrons. The molecule has 1 unspecified atom stereocenters. The topological polar surface area (TPSA) is 63.3 Å². The summed E-state index contributed by atoms with van der Waals surface area (Å²) >= 11 is 0. The molecule has 0 heterocycles. The smallest absolute Gasteiger partial charge is 0.323 e. The molecule has 3 nitrogen and oxygen atoms in total. The van der Waals surface area contributed by atoms with Gasteiger partial charge in [0.1, 0.15) is 5.54 Å². The van der Waals surface area contributed by atoms with Crippen molar-refractivity contribution in [2.75, 3.05) is 0 Å². The number of rotatable bonds is 9. The van der Waals surface area contributed by atoms with Crippen LogP contribution in [0.2, 0.25) is 0 Å². The highest BCUT2D eigenvalue weighted by Crippen LogP contribution is 2.41. The van der Waals surface area contributed by atoms with Crippen molar-refractivity contribution in [1.82, 2.24) is 0 Å². The lowest BCUT2D eigenvalue weighted by molar-refractivity contribution is -0.144. The molecule has 3 heteroatoms. The summed E-state index contributed by atoms with van der Waals surface area (Å²) in [5, 5.41) is 9.16. The van der Waals surface area contributed by atoms with Crippen molar-refractivity contribution < 1.29 is 9.90 Å². The van der Waals surface area contributed by atoms with E-state index < -0.39 is 11.5 Å². The van der Waals surface area contributed by atoms with Crippen LogP contribution >= 0.6 is 0 Å². The molecule has 0 aromatic carbocycles. The number of carboxylic acids is 1. The van der Waals surface area contributed by atoms with Crippen LogP contribution in [0.15, 0.2) is 0 Å². The van der Waals surface area contributed by atoms with Gasteiger partial charge in [0.2, 0.25) is 0 Å². The number of carbonyl (C=O) groups is 1. The maximum absolute atomic E-state index is 11.1. The standard InChI is InChI=1S/C13H25NO2/c1-2-3-4-5-6-7-10-13(14,12(15)16)11-8-9-11/h11H,2-10,14H2,1H3,(H,15,16). The van der Waals surface area contributed by atoms with Crippen LogP contribution in [0.3, 0.4) is 0 Å². The Labute approximate surface area is 98.4 Å². The van der Waals surface area contributed by atoms with Crippen molar-refractivity contribution in [1.29, 1.82) is 0 Å². The number of nitrogens with two attached hydrogens (primary N) is 1. The Kier molecular flexibility index (Phi) is 5.26. The first-order chi connectivity index (χ1) is 7.61. The first-order valence-electron chi connectivity index (χ1n) is 6.63. The molecule has 0 aromatic rings. The highest BCUT2D eigenvalue weighted by Gasteiger charge is 2.47. The van der Waals surface area contributed by atoms with Gasteiger partial charge in [-0.05, 0) is 25.2 Å². The van der Waals surface area contributed by atoms with Crippen LogP contribution in [0.4, 0.5) is 0 Å². The first-order valence-corrected chi connectivity index (χ1v) is 6.63. The van der Waals surface area contributed by atoms with Gasteiger partial charge in [-0.25, -0.2) is 0 Å². The first kappa shape index (κ1) is 13.5. The molecule has 1 fully saturated rings. The van der Waals surface area contributed by atoms with E-state index in [9.17, 15) is 4.79 Å². The third-order valence-corrected chi connectivity index (χ3v) is 3.65. The molecule has 16 heavy (non-hydrogen) atoms. The van der Waals surface area contributed by atoms with E-state index in [0.29, 0.717) is 6.42 Å². The van der Waals surface area contributed by atoms with Gasteiger partial charge >= 0.3 is 5.97 Å². The van der Waals surface area contributed by atoms with E-state index in [1.807, 2.05) is 0 Å². The maximum Gasteiger partial charge on any atom is 0.323 e. The molecule has 0 amide bonds. The minimum Gasteiger partial charge on any atom is -0.480 e. The molecular weight excluding hydrogens is 202 g/mol. The molecule has 0 saturated heterocycles. The van der Waals surface area contributed by atoms with E-state index in [1.54, 1.807) is 0 Å². The van der Waals surface area contributed by atoms with E-state index >= 15 is 0 Å². The lowest BCUT2D eigenvalue weighted by Crippen LogP contribution is -2.50. The highest BCUT2D eigenvalue weighted by molar-refractivity contribution is 5.79. The average Bonchev–Trinajstić information content (AvgIpc) is 3.06. The summed E-state index contributed by atoms with van der Waals surface area (Å²) in [6.07, 6.45) is 9.75. The van der Waals surface area contributed by atoms with Crippen LogP contribution in [-0.4, -0.2) is 16.6 Å². The molecule has 1 saturated carbocycles. The SMILES string of the molecule is CCCCCCCCC(N)(C(=O)O)C1CC1. The maximum atomic E-state index is 11.1. The monoisotopic (exact) mass is 227 g/mol. The predicted molar refractivity (Wildman–Crippen MR) is 65.3 cm³/mol. The molecule has 0 aliphatic heterocycles. The van der Waals surface area contributed by atoms with Crippen molar-refractivity contribution in [2.45, 2.75) is 70.3 Å². The van der Waals surface area contributed by atoms with E-state index in [-0.39, 0.29) is 5.92 Å². The van der Waals surface area contributed by atoms with Crippen LogP contribution < -0.4 is 5.73 Å². The summed E-state index contributed by atoms with van der Waals surface area (Å²) in [5.74, 6) is -0.566. The average molecular weight is 227 g/mol. The minimum absolute atomic E-state index is 0.237. The van der Waals surface area contributed by atoms with Gasteiger partial charge < -0.3 is 10.8 Å². The van der Waals surface area contributed by atoms with Crippen molar-refractivity contribution >= 4 is 5.97 Å². The Hall–Kier alpha value is -0.570. The van der Waals surface area contributed by atoms with E-state index in [4.69, 9.17) is 10.8 Å². The van der Waals surface area contributed by atoms with Gasteiger partial charge in [0.25, 0.3) is 0 Å². The zero-order valence-corrected chi connectivity index (χ0v) is 10.4. The normalized spacial score (nSPS) is 19.4. The molecule has 1 atom stereocenters. The number of hydrogen-bond donors (Lipinski definition) is 2. The van der Waals surface area contributed by atoms with Gasteiger partial charge in [0.15, 0.2) is 0 Å². The fraction of sp³-hybridized carbons (Fsp3) is 0.923.